The van der Waals surface area contributed by atoms with Gasteiger partial charge in [-0.05, 0) is 12.1 Å². The molecule has 16 heavy (non-hydrogen) atoms. The van der Waals surface area contributed by atoms with Crippen LogP contribution < -0.4 is 11.5 Å². The average molecular weight is 264 g/mol. The summed E-state index contributed by atoms with van der Waals surface area (Å²) >= 11 is 0. The molecule has 1 aromatic rings. The summed E-state index contributed by atoms with van der Waals surface area (Å²) in [7, 11) is -7.04. The molecule has 1 aromatic carbocycles. The van der Waals surface area contributed by atoms with Gasteiger partial charge in [-0.25, -0.2) is 16.8 Å². The second-order valence-electron chi connectivity index (χ2n) is 3.47. The van der Waals surface area contributed by atoms with Crippen molar-refractivity contribution < 1.29 is 16.8 Å². The fraction of sp³-hybridized carbons (Fsp3) is 0.250. The SMILES string of the molecule is CS(=O)(=O)c1cc(N)c(S(C)(=O)=O)cc1N. The highest BCUT2D eigenvalue weighted by Gasteiger charge is 2.18. The molecule has 0 saturated carbocycles. The van der Waals surface area contributed by atoms with Gasteiger partial charge in [0.15, 0.2) is 19.7 Å². The second-order valence-corrected chi connectivity index (χ2v) is 7.44. The van der Waals surface area contributed by atoms with Crippen LogP contribution >= 0.6 is 0 Å². The molecule has 8 heteroatoms. The largest absolute Gasteiger partial charge is 0.398 e. The molecular formula is C8H12N2O4S2. The van der Waals surface area contributed by atoms with Gasteiger partial charge in [-0.15, -0.1) is 0 Å². The summed E-state index contributed by atoms with van der Waals surface area (Å²) in [5, 5.41) is 0. The van der Waals surface area contributed by atoms with Crippen LogP contribution in [0.4, 0.5) is 11.4 Å². The van der Waals surface area contributed by atoms with Crippen LogP contribution in [-0.2, 0) is 19.7 Å². The number of hydrogen-bond acceptors (Lipinski definition) is 6. The third kappa shape index (κ3) is 2.45. The highest BCUT2D eigenvalue weighted by molar-refractivity contribution is 7.91. The van der Waals surface area contributed by atoms with E-state index in [1.54, 1.807) is 0 Å². The maximum atomic E-state index is 11.3. The van der Waals surface area contributed by atoms with Crippen molar-refractivity contribution in [2.75, 3.05) is 24.0 Å². The first-order valence-electron chi connectivity index (χ1n) is 4.12. The van der Waals surface area contributed by atoms with E-state index < -0.39 is 19.7 Å². The van der Waals surface area contributed by atoms with Gasteiger partial charge in [-0.3, -0.25) is 0 Å². The Hall–Kier alpha value is -1.28. The normalized spacial score (nSPS) is 12.6. The fourth-order valence-electron chi connectivity index (χ4n) is 1.23. The minimum Gasteiger partial charge on any atom is -0.398 e. The summed E-state index contributed by atoms with van der Waals surface area (Å²) in [6.45, 7) is 0. The van der Waals surface area contributed by atoms with E-state index in [2.05, 4.69) is 0 Å². The quantitative estimate of drug-likeness (QED) is 0.705. The third-order valence-electron chi connectivity index (χ3n) is 1.94. The van der Waals surface area contributed by atoms with Gasteiger partial charge >= 0.3 is 0 Å². The number of hydrogen-bond donors (Lipinski definition) is 2. The van der Waals surface area contributed by atoms with E-state index in [1.807, 2.05) is 0 Å². The Bertz CT molecular complexity index is 574. The van der Waals surface area contributed by atoms with E-state index in [1.165, 1.54) is 0 Å². The topological polar surface area (TPSA) is 120 Å². The molecule has 90 valence electrons. The number of nitrogen functional groups attached to an aromatic ring is 2. The predicted octanol–water partition coefficient (Wildman–Crippen LogP) is -0.342. The Morgan fingerprint density at radius 3 is 1.25 bits per heavy atom. The lowest BCUT2D eigenvalue weighted by atomic mass is 10.3. The van der Waals surface area contributed by atoms with E-state index in [9.17, 15) is 16.8 Å². The van der Waals surface area contributed by atoms with Crippen LogP contribution in [0.2, 0.25) is 0 Å². The minimum absolute atomic E-state index is 0.128. The summed E-state index contributed by atoms with van der Waals surface area (Å²) in [6.07, 6.45) is 1.94. The molecule has 1 rings (SSSR count). The first-order chi connectivity index (χ1) is 7.03. The lowest BCUT2D eigenvalue weighted by Crippen LogP contribution is -2.08. The first kappa shape index (κ1) is 12.8. The van der Waals surface area contributed by atoms with Crippen molar-refractivity contribution in [2.24, 2.45) is 0 Å². The summed E-state index contributed by atoms with van der Waals surface area (Å²) in [6, 6.07) is 2.11. The smallest absolute Gasteiger partial charge is 0.177 e. The van der Waals surface area contributed by atoms with E-state index in [0.29, 0.717) is 0 Å². The maximum Gasteiger partial charge on any atom is 0.177 e. The molecule has 0 spiro atoms. The zero-order chi connectivity index (χ0) is 12.7. The molecule has 4 N–H and O–H groups in total. The van der Waals surface area contributed by atoms with E-state index in [0.717, 1.165) is 24.6 Å². The zero-order valence-corrected chi connectivity index (χ0v) is 10.4. The Morgan fingerprint density at radius 2 is 1.06 bits per heavy atom. The molecule has 0 radical (unpaired) electrons. The predicted molar refractivity (Wildman–Crippen MR) is 61.5 cm³/mol. The number of anilines is 2. The lowest BCUT2D eigenvalue weighted by Gasteiger charge is -2.08. The summed E-state index contributed by atoms with van der Waals surface area (Å²) in [5.41, 5.74) is 10.7. The van der Waals surface area contributed by atoms with Crippen LogP contribution in [0.3, 0.4) is 0 Å². The van der Waals surface area contributed by atoms with Crippen LogP contribution in [0.25, 0.3) is 0 Å². The maximum absolute atomic E-state index is 11.3. The zero-order valence-electron chi connectivity index (χ0n) is 8.76. The Kier molecular flexibility index (Phi) is 2.90. The van der Waals surface area contributed by atoms with Gasteiger partial charge in [-0.2, -0.15) is 0 Å². The van der Waals surface area contributed by atoms with E-state index in [4.69, 9.17) is 11.5 Å². The summed E-state index contributed by atoms with van der Waals surface area (Å²) < 4.78 is 45.1. The Labute approximate surface area is 94.1 Å². The minimum atomic E-state index is -3.52. The summed E-state index contributed by atoms with van der Waals surface area (Å²) in [5.74, 6) is 0. The van der Waals surface area contributed by atoms with Crippen LogP contribution in [0.15, 0.2) is 21.9 Å². The molecule has 0 atom stereocenters. The fourth-order valence-corrected chi connectivity index (χ4v) is 2.89. The molecule has 0 heterocycles. The van der Waals surface area contributed by atoms with Gasteiger partial charge in [0.25, 0.3) is 0 Å². The Morgan fingerprint density at radius 1 is 0.812 bits per heavy atom. The molecule has 0 saturated heterocycles. The average Bonchev–Trinajstić information content (AvgIpc) is 2.04. The highest BCUT2D eigenvalue weighted by Crippen LogP contribution is 2.27. The van der Waals surface area contributed by atoms with Gasteiger partial charge in [-0.1, -0.05) is 0 Å². The molecular weight excluding hydrogens is 252 g/mol. The van der Waals surface area contributed by atoms with Crippen LogP contribution in [0, 0.1) is 0 Å². The van der Waals surface area contributed by atoms with E-state index in [-0.39, 0.29) is 21.2 Å². The van der Waals surface area contributed by atoms with Gasteiger partial charge < -0.3 is 11.5 Å². The van der Waals surface area contributed by atoms with Crippen LogP contribution in [-0.4, -0.2) is 29.3 Å². The monoisotopic (exact) mass is 264 g/mol. The van der Waals surface area contributed by atoms with Crippen molar-refractivity contribution in [1.29, 1.82) is 0 Å². The number of benzene rings is 1. The highest BCUT2D eigenvalue weighted by atomic mass is 32.2. The molecule has 0 fully saturated rings. The van der Waals surface area contributed by atoms with Gasteiger partial charge in [0.2, 0.25) is 0 Å². The first-order valence-corrected chi connectivity index (χ1v) is 7.91. The van der Waals surface area contributed by atoms with Crippen molar-refractivity contribution >= 4 is 31.0 Å². The molecule has 0 aliphatic rings. The number of rotatable bonds is 2. The van der Waals surface area contributed by atoms with Gasteiger partial charge in [0.05, 0.1) is 21.2 Å². The van der Waals surface area contributed by atoms with Crippen LogP contribution in [0.1, 0.15) is 0 Å². The number of sulfone groups is 2. The summed E-state index contributed by atoms with van der Waals surface area (Å²) in [4.78, 5) is -0.338. The van der Waals surface area contributed by atoms with Crippen LogP contribution in [0.5, 0.6) is 0 Å². The van der Waals surface area contributed by atoms with E-state index >= 15 is 0 Å². The number of nitrogens with two attached hydrogens (primary N) is 2. The second kappa shape index (κ2) is 3.63. The molecule has 0 unspecified atom stereocenters. The van der Waals surface area contributed by atoms with Gasteiger partial charge in [0.1, 0.15) is 0 Å². The van der Waals surface area contributed by atoms with Gasteiger partial charge in [0, 0.05) is 12.5 Å². The van der Waals surface area contributed by atoms with Crippen molar-refractivity contribution in [2.45, 2.75) is 9.79 Å². The molecule has 0 bridgehead atoms. The van der Waals surface area contributed by atoms with Crippen molar-refractivity contribution in [3.8, 4) is 0 Å². The standard InChI is InChI=1S/C8H12N2O4S2/c1-15(11,12)7-3-6(10)8(4-5(7)9)16(2,13)14/h3-4H,9-10H2,1-2H3. The molecule has 6 nitrogen and oxygen atoms in total. The lowest BCUT2D eigenvalue weighted by molar-refractivity contribution is 0.598. The third-order valence-corrected chi connectivity index (χ3v) is 4.25. The molecule has 0 aliphatic carbocycles. The van der Waals surface area contributed by atoms with Crippen molar-refractivity contribution in [3.63, 3.8) is 0 Å². The molecule has 0 amide bonds. The molecule has 0 aliphatic heterocycles. The molecule has 0 aromatic heterocycles. The van der Waals surface area contributed by atoms with Crippen molar-refractivity contribution in [3.05, 3.63) is 12.1 Å². The Balaban J connectivity index is 3.65. The van der Waals surface area contributed by atoms with Crippen molar-refractivity contribution in [1.82, 2.24) is 0 Å².